The van der Waals surface area contributed by atoms with Crippen molar-refractivity contribution in [1.29, 1.82) is 0 Å². The van der Waals surface area contributed by atoms with Crippen molar-refractivity contribution in [3.05, 3.63) is 28.5 Å². The Morgan fingerprint density at radius 3 is 2.75 bits per heavy atom. The van der Waals surface area contributed by atoms with Crippen molar-refractivity contribution in [2.24, 2.45) is 5.41 Å². The summed E-state index contributed by atoms with van der Waals surface area (Å²) in [7, 11) is 0. The molecule has 1 saturated carbocycles. The lowest BCUT2D eigenvalue weighted by Crippen LogP contribution is -2.21. The Morgan fingerprint density at radius 1 is 1.40 bits per heavy atom. The molecule has 0 amide bonds. The predicted octanol–water partition coefficient (Wildman–Crippen LogP) is 5.68. The highest BCUT2D eigenvalue weighted by molar-refractivity contribution is 9.10. The van der Waals surface area contributed by atoms with E-state index >= 15 is 0 Å². The molecule has 0 spiro atoms. The Labute approximate surface area is 133 Å². The van der Waals surface area contributed by atoms with Gasteiger partial charge in [-0.2, -0.15) is 0 Å². The van der Waals surface area contributed by atoms with Crippen LogP contribution in [0.15, 0.2) is 22.7 Å². The van der Waals surface area contributed by atoms with Gasteiger partial charge in [0.1, 0.15) is 5.82 Å². The Bertz CT molecular complexity index is 627. The van der Waals surface area contributed by atoms with Gasteiger partial charge in [0, 0.05) is 11.0 Å². The fourth-order valence-electron chi connectivity index (χ4n) is 3.36. The van der Waals surface area contributed by atoms with Crippen LogP contribution < -0.4 is 0 Å². The second-order valence-electron chi connectivity index (χ2n) is 6.32. The quantitative estimate of drug-likeness (QED) is 0.648. The number of fused-ring (bicyclic) bond motifs is 1. The zero-order chi connectivity index (χ0) is 14.3. The zero-order valence-corrected chi connectivity index (χ0v) is 14.3. The molecule has 0 aliphatic heterocycles. The molecule has 1 aliphatic carbocycles. The lowest BCUT2D eigenvalue weighted by molar-refractivity contribution is 0.281. The van der Waals surface area contributed by atoms with Crippen LogP contribution in [0.1, 0.15) is 50.7 Å². The maximum atomic E-state index is 6.36. The number of nitrogens with zero attached hydrogens (tertiary/aromatic N) is 2. The average Bonchev–Trinajstić information content (AvgIpc) is 2.94. The van der Waals surface area contributed by atoms with Gasteiger partial charge in [-0.05, 0) is 43.4 Å². The molecule has 2 aromatic rings. The molecule has 0 bridgehead atoms. The summed E-state index contributed by atoms with van der Waals surface area (Å²) in [6.07, 6.45) is 5.31. The molecule has 108 valence electrons. The minimum atomic E-state index is -0.0637. The van der Waals surface area contributed by atoms with Crippen LogP contribution in [-0.2, 0) is 6.54 Å². The highest BCUT2D eigenvalue weighted by Gasteiger charge is 2.31. The summed E-state index contributed by atoms with van der Waals surface area (Å²) in [4.78, 5) is 4.75. The van der Waals surface area contributed by atoms with Crippen LogP contribution in [0.2, 0.25) is 0 Å². The fourth-order valence-corrected chi connectivity index (χ4v) is 3.88. The van der Waals surface area contributed by atoms with Gasteiger partial charge in [-0.1, -0.05) is 35.7 Å². The number of halogens is 2. The van der Waals surface area contributed by atoms with Gasteiger partial charge in [-0.3, -0.25) is 0 Å². The summed E-state index contributed by atoms with van der Waals surface area (Å²) in [6.45, 7) is 5.43. The Morgan fingerprint density at radius 2 is 2.10 bits per heavy atom. The zero-order valence-electron chi connectivity index (χ0n) is 12.0. The number of alkyl halides is 1. The smallest absolute Gasteiger partial charge is 0.127 e. The van der Waals surface area contributed by atoms with Gasteiger partial charge in [-0.25, -0.2) is 4.98 Å². The van der Waals surface area contributed by atoms with Gasteiger partial charge < -0.3 is 4.57 Å². The van der Waals surface area contributed by atoms with Crippen molar-refractivity contribution >= 4 is 38.6 Å². The highest BCUT2D eigenvalue weighted by atomic mass is 79.9. The van der Waals surface area contributed by atoms with Crippen LogP contribution in [0, 0.1) is 5.41 Å². The number of imidazole rings is 1. The lowest BCUT2D eigenvalue weighted by atomic mass is 9.88. The predicted molar refractivity (Wildman–Crippen MR) is 88.3 cm³/mol. The third-order valence-corrected chi connectivity index (χ3v) is 5.13. The van der Waals surface area contributed by atoms with Gasteiger partial charge in [0.15, 0.2) is 0 Å². The van der Waals surface area contributed by atoms with E-state index in [1.165, 1.54) is 31.2 Å². The van der Waals surface area contributed by atoms with Crippen LogP contribution >= 0.6 is 27.5 Å². The average molecular weight is 356 g/mol. The van der Waals surface area contributed by atoms with Gasteiger partial charge in [0.2, 0.25) is 0 Å². The van der Waals surface area contributed by atoms with E-state index in [1.54, 1.807) is 0 Å². The third kappa shape index (κ3) is 2.62. The first-order chi connectivity index (χ1) is 9.48. The second kappa shape index (κ2) is 5.34. The largest absolute Gasteiger partial charge is 0.326 e. The molecule has 3 rings (SSSR count). The van der Waals surface area contributed by atoms with E-state index < -0.39 is 0 Å². The molecule has 1 fully saturated rings. The molecule has 0 saturated heterocycles. The van der Waals surface area contributed by atoms with Crippen LogP contribution in [-0.4, -0.2) is 9.55 Å². The highest BCUT2D eigenvalue weighted by Crippen LogP contribution is 2.40. The molecule has 1 aliphatic rings. The van der Waals surface area contributed by atoms with E-state index in [9.17, 15) is 0 Å². The first kappa shape index (κ1) is 14.4. The van der Waals surface area contributed by atoms with Crippen molar-refractivity contribution in [2.45, 2.75) is 51.5 Å². The van der Waals surface area contributed by atoms with E-state index in [1.807, 2.05) is 6.92 Å². The fraction of sp³-hybridized carbons (Fsp3) is 0.562. The number of rotatable bonds is 3. The summed E-state index contributed by atoms with van der Waals surface area (Å²) in [5, 5.41) is -0.0637. The molecule has 1 aromatic heterocycles. The summed E-state index contributed by atoms with van der Waals surface area (Å²) >= 11 is 9.88. The van der Waals surface area contributed by atoms with Gasteiger partial charge in [0.25, 0.3) is 0 Å². The summed E-state index contributed by atoms with van der Waals surface area (Å²) in [5.41, 5.74) is 2.62. The van der Waals surface area contributed by atoms with Crippen LogP contribution in [0.5, 0.6) is 0 Å². The van der Waals surface area contributed by atoms with E-state index in [2.05, 4.69) is 45.6 Å². The maximum Gasteiger partial charge on any atom is 0.127 e. The molecule has 20 heavy (non-hydrogen) atoms. The number of aromatic nitrogens is 2. The number of hydrogen-bond acceptors (Lipinski definition) is 1. The van der Waals surface area contributed by atoms with Crippen molar-refractivity contribution in [3.8, 4) is 0 Å². The lowest BCUT2D eigenvalue weighted by Gasteiger charge is -2.26. The van der Waals surface area contributed by atoms with E-state index in [0.29, 0.717) is 5.41 Å². The Balaban J connectivity index is 2.09. The molecule has 2 nitrogen and oxygen atoms in total. The third-order valence-electron chi connectivity index (χ3n) is 4.45. The topological polar surface area (TPSA) is 17.8 Å². The van der Waals surface area contributed by atoms with Crippen molar-refractivity contribution in [2.75, 3.05) is 0 Å². The SMILES string of the molecule is CC(Cl)c1nc2cc(Br)ccc2n1CC1(C)CCCC1. The van der Waals surface area contributed by atoms with Crippen molar-refractivity contribution < 1.29 is 0 Å². The Hall–Kier alpha value is -0.540. The molecule has 0 N–H and O–H groups in total. The van der Waals surface area contributed by atoms with Crippen molar-refractivity contribution in [3.63, 3.8) is 0 Å². The summed E-state index contributed by atoms with van der Waals surface area (Å²) in [5.74, 6) is 0.993. The summed E-state index contributed by atoms with van der Waals surface area (Å²) in [6, 6.07) is 6.30. The van der Waals surface area contributed by atoms with E-state index in [4.69, 9.17) is 16.6 Å². The van der Waals surface area contributed by atoms with Gasteiger partial charge >= 0.3 is 0 Å². The monoisotopic (exact) mass is 354 g/mol. The van der Waals surface area contributed by atoms with Crippen LogP contribution in [0.3, 0.4) is 0 Å². The molecular weight excluding hydrogens is 336 g/mol. The first-order valence-corrected chi connectivity index (χ1v) is 8.51. The molecule has 1 unspecified atom stereocenters. The molecule has 0 radical (unpaired) electrons. The number of benzene rings is 1. The van der Waals surface area contributed by atoms with Crippen LogP contribution in [0.25, 0.3) is 11.0 Å². The first-order valence-electron chi connectivity index (χ1n) is 7.28. The summed E-state index contributed by atoms with van der Waals surface area (Å²) < 4.78 is 3.40. The van der Waals surface area contributed by atoms with E-state index in [-0.39, 0.29) is 5.38 Å². The van der Waals surface area contributed by atoms with E-state index in [0.717, 1.165) is 22.4 Å². The van der Waals surface area contributed by atoms with Crippen LogP contribution in [0.4, 0.5) is 0 Å². The molecule has 1 atom stereocenters. The molecular formula is C16H20BrClN2. The standard InChI is InChI=1S/C16H20BrClN2/c1-11(18)15-19-13-9-12(17)5-6-14(13)20(15)10-16(2)7-3-4-8-16/h5-6,9,11H,3-4,7-8,10H2,1-2H3. The van der Waals surface area contributed by atoms with Crippen molar-refractivity contribution in [1.82, 2.24) is 9.55 Å². The van der Waals surface area contributed by atoms with Gasteiger partial charge in [0.05, 0.1) is 16.4 Å². The Kier molecular flexibility index (Phi) is 3.85. The molecule has 4 heteroatoms. The number of hydrogen-bond donors (Lipinski definition) is 0. The normalized spacial score (nSPS) is 19.6. The minimum absolute atomic E-state index is 0.0637. The molecule has 1 heterocycles. The van der Waals surface area contributed by atoms with Gasteiger partial charge in [-0.15, -0.1) is 11.6 Å². The minimum Gasteiger partial charge on any atom is -0.326 e. The maximum absolute atomic E-state index is 6.36. The second-order valence-corrected chi connectivity index (χ2v) is 7.89. The molecule has 1 aromatic carbocycles.